The fourth-order valence-corrected chi connectivity index (χ4v) is 13.5. The molecular formula is C38H46ClNO7. The summed E-state index contributed by atoms with van der Waals surface area (Å²) in [5.74, 6) is -0.234. The van der Waals surface area contributed by atoms with Crippen LogP contribution in [0.2, 0.25) is 5.02 Å². The number of fused-ring (bicyclic) bond motifs is 5. The number of rotatable bonds is 2. The van der Waals surface area contributed by atoms with Crippen LogP contribution in [0.3, 0.4) is 0 Å². The van der Waals surface area contributed by atoms with Crippen LogP contribution in [-0.4, -0.2) is 74.2 Å². The van der Waals surface area contributed by atoms with Gasteiger partial charge in [0, 0.05) is 57.0 Å². The molecule has 1 aromatic carbocycles. The van der Waals surface area contributed by atoms with E-state index in [2.05, 4.69) is 45.8 Å². The lowest BCUT2D eigenvalue weighted by Crippen LogP contribution is -2.79. The summed E-state index contributed by atoms with van der Waals surface area (Å²) in [7, 11) is 1.78. The van der Waals surface area contributed by atoms with Gasteiger partial charge in [-0.05, 0) is 82.1 Å². The number of aliphatic hydroxyl groups is 3. The van der Waals surface area contributed by atoms with Gasteiger partial charge in [-0.1, -0.05) is 44.2 Å². The third kappa shape index (κ3) is 2.73. The Morgan fingerprint density at radius 1 is 1.13 bits per heavy atom. The average Bonchev–Trinajstić information content (AvgIpc) is 3.61. The third-order valence-electron chi connectivity index (χ3n) is 15.7. The maximum Gasteiger partial charge on any atom is 0.153 e. The standard InChI is InChI=1S/C38H46ClNO7/c1-16(2)28-27(41)31-38(47-31)23(45-28)9-10-33(6)34(7)29-25-24-21(40-29)15-20(39)18-13-17(3)19-14-22(37(19,43)26(18)24)32(4,5)46-30(25)35(34,44-8)11-12-36(33,38)42/h15,19,22-23,27-28,30-31,40-43H,1,3,9-14H2,2,4-8H3/t19-,22-,23+,27+,28-,30-,31-,33-,34-,35?,36+,37-,38+/m1/s1. The molecule has 5 aliphatic carbocycles. The smallest absolute Gasteiger partial charge is 0.153 e. The molecule has 10 rings (SSSR count). The second-order valence-electron chi connectivity index (χ2n) is 17.3. The van der Waals surface area contributed by atoms with Crippen LogP contribution in [-0.2, 0) is 36.4 Å². The Kier molecular flexibility index (Phi) is 5.28. The van der Waals surface area contributed by atoms with E-state index in [1.807, 2.05) is 13.0 Å². The van der Waals surface area contributed by atoms with Crippen molar-refractivity contribution in [1.29, 1.82) is 0 Å². The van der Waals surface area contributed by atoms with E-state index in [4.69, 9.17) is 30.5 Å². The van der Waals surface area contributed by atoms with E-state index < -0.39 is 63.3 Å². The van der Waals surface area contributed by atoms with Crippen molar-refractivity contribution in [3.05, 3.63) is 57.8 Å². The van der Waals surface area contributed by atoms with E-state index in [1.165, 1.54) is 0 Å². The van der Waals surface area contributed by atoms with Crippen LogP contribution in [0.1, 0.15) is 95.2 Å². The number of nitrogens with one attached hydrogen (secondary N) is 1. The van der Waals surface area contributed by atoms with Crippen LogP contribution in [0.25, 0.3) is 10.9 Å². The number of ether oxygens (including phenoxy) is 4. The van der Waals surface area contributed by atoms with Crippen molar-refractivity contribution >= 4 is 22.5 Å². The lowest BCUT2D eigenvalue weighted by atomic mass is 9.39. The van der Waals surface area contributed by atoms with Gasteiger partial charge in [0.1, 0.15) is 41.2 Å². The van der Waals surface area contributed by atoms with Crippen LogP contribution in [0, 0.1) is 17.3 Å². The molecule has 2 aromatic rings. The summed E-state index contributed by atoms with van der Waals surface area (Å²) >= 11 is 7.09. The Morgan fingerprint density at radius 2 is 1.87 bits per heavy atom. The average molecular weight is 664 g/mol. The fraction of sp³-hybridized carbons (Fsp3) is 0.684. The first-order valence-electron chi connectivity index (χ1n) is 17.4. The van der Waals surface area contributed by atoms with E-state index in [0.717, 1.165) is 50.9 Å². The minimum Gasteiger partial charge on any atom is -0.387 e. The maximum atomic E-state index is 13.4. The van der Waals surface area contributed by atoms with Crippen molar-refractivity contribution in [1.82, 2.24) is 4.98 Å². The summed E-state index contributed by atoms with van der Waals surface area (Å²) in [4.78, 5) is 3.85. The Morgan fingerprint density at radius 3 is 2.57 bits per heavy atom. The molecular weight excluding hydrogens is 618 g/mol. The van der Waals surface area contributed by atoms with E-state index >= 15 is 0 Å². The van der Waals surface area contributed by atoms with Gasteiger partial charge in [-0.2, -0.15) is 0 Å². The summed E-state index contributed by atoms with van der Waals surface area (Å²) in [6.07, 6.45) is 0.792. The minimum atomic E-state index is -1.35. The Bertz CT molecular complexity index is 1870. The fourth-order valence-electron chi connectivity index (χ4n) is 13.2. The minimum absolute atomic E-state index is 0.0658. The molecule has 1 spiro atoms. The Balaban J connectivity index is 1.25. The molecule has 8 aliphatic rings. The first-order chi connectivity index (χ1) is 22.0. The number of H-pyrrole nitrogens is 1. The Hall–Kier alpha value is -1.75. The van der Waals surface area contributed by atoms with Gasteiger partial charge >= 0.3 is 0 Å². The van der Waals surface area contributed by atoms with Crippen LogP contribution < -0.4 is 0 Å². The number of aromatic amines is 1. The first kappa shape index (κ1) is 30.1. The molecule has 0 radical (unpaired) electrons. The molecule has 1 aromatic heterocycles. The number of halogens is 1. The van der Waals surface area contributed by atoms with Crippen molar-refractivity contribution < 1.29 is 34.3 Å². The lowest BCUT2D eigenvalue weighted by Gasteiger charge is -2.69. The van der Waals surface area contributed by atoms with Crippen LogP contribution in [0.5, 0.6) is 0 Å². The monoisotopic (exact) mass is 663 g/mol. The zero-order valence-corrected chi connectivity index (χ0v) is 28.9. The molecule has 3 saturated carbocycles. The maximum absolute atomic E-state index is 13.4. The number of epoxide rings is 1. The van der Waals surface area contributed by atoms with Gasteiger partial charge in [0.15, 0.2) is 5.60 Å². The van der Waals surface area contributed by atoms with Crippen LogP contribution >= 0.6 is 11.6 Å². The number of hydrogen-bond acceptors (Lipinski definition) is 7. The van der Waals surface area contributed by atoms with Crippen molar-refractivity contribution in [2.75, 3.05) is 7.11 Å². The van der Waals surface area contributed by atoms with Gasteiger partial charge in [-0.3, -0.25) is 0 Å². The third-order valence-corrected chi connectivity index (χ3v) is 16.0. The van der Waals surface area contributed by atoms with Crippen LogP contribution in [0.15, 0.2) is 30.4 Å². The second-order valence-corrected chi connectivity index (χ2v) is 17.7. The largest absolute Gasteiger partial charge is 0.387 e. The van der Waals surface area contributed by atoms with E-state index in [0.29, 0.717) is 37.1 Å². The summed E-state index contributed by atoms with van der Waals surface area (Å²) < 4.78 is 27.3. The molecule has 8 nitrogen and oxygen atoms in total. The van der Waals surface area contributed by atoms with Gasteiger partial charge in [-0.25, -0.2) is 0 Å². The molecule has 2 saturated heterocycles. The zero-order valence-electron chi connectivity index (χ0n) is 28.1. The van der Waals surface area contributed by atoms with Crippen molar-refractivity contribution in [3.8, 4) is 0 Å². The van der Waals surface area contributed by atoms with Crippen molar-refractivity contribution in [2.45, 2.75) is 137 Å². The van der Waals surface area contributed by atoms with Gasteiger partial charge in [0.25, 0.3) is 0 Å². The van der Waals surface area contributed by atoms with Crippen molar-refractivity contribution in [2.24, 2.45) is 17.3 Å². The number of aromatic nitrogens is 1. The topological polar surface area (TPSA) is 117 Å². The molecule has 13 atom stereocenters. The molecule has 0 amide bonds. The summed E-state index contributed by atoms with van der Waals surface area (Å²) in [6, 6.07) is 2.00. The molecule has 5 fully saturated rings. The van der Waals surface area contributed by atoms with Crippen LogP contribution in [0.4, 0.5) is 0 Å². The predicted octanol–water partition coefficient (Wildman–Crippen LogP) is 5.43. The first-order valence-corrected chi connectivity index (χ1v) is 17.8. The number of aliphatic hydroxyl groups excluding tert-OH is 1. The highest BCUT2D eigenvalue weighted by atomic mass is 35.5. The molecule has 4 heterocycles. The summed E-state index contributed by atoms with van der Waals surface area (Å²) in [6.45, 7) is 19.0. The highest BCUT2D eigenvalue weighted by Gasteiger charge is 2.89. The number of methoxy groups -OCH3 is 1. The summed E-state index contributed by atoms with van der Waals surface area (Å²) in [5, 5.41) is 39.3. The molecule has 0 bridgehead atoms. The normalized spacial score (nSPS) is 52.4. The molecule has 3 aliphatic heterocycles. The van der Waals surface area contributed by atoms with Gasteiger partial charge in [0.2, 0.25) is 0 Å². The predicted molar refractivity (Wildman–Crippen MR) is 175 cm³/mol. The Labute approximate surface area is 280 Å². The number of hydrogen-bond donors (Lipinski definition) is 4. The second kappa shape index (κ2) is 8.24. The highest BCUT2D eigenvalue weighted by Crippen LogP contribution is 2.79. The zero-order chi connectivity index (χ0) is 33.2. The quantitative estimate of drug-likeness (QED) is 0.250. The number of benzene rings is 1. The molecule has 4 N–H and O–H groups in total. The van der Waals surface area contributed by atoms with Gasteiger partial charge < -0.3 is 39.3 Å². The molecule has 252 valence electrons. The van der Waals surface area contributed by atoms with Crippen molar-refractivity contribution in [3.63, 3.8) is 0 Å². The van der Waals surface area contributed by atoms with Gasteiger partial charge in [0.05, 0.1) is 11.7 Å². The SMILES string of the molecule is C=C(C)[C@H]1O[C@H]2CC[C@@]3(C)[C@@](O)(CCC4(OC)[C@@H]5OC(C)(C)[C@H]6C[C@@H]7C(=C)Cc8c(Cl)cc9[nH]c(c5c9c8[C@@]76O)[C@@]43C)[C@]23O[C@@H]3[C@H]1O. The lowest BCUT2D eigenvalue weighted by molar-refractivity contribution is -0.321. The van der Waals surface area contributed by atoms with E-state index in [1.54, 1.807) is 7.11 Å². The summed E-state index contributed by atoms with van der Waals surface area (Å²) in [5.41, 5.74) is -0.194. The molecule has 9 heteroatoms. The molecule has 1 unspecified atom stereocenters. The van der Waals surface area contributed by atoms with Gasteiger partial charge in [-0.15, -0.1) is 0 Å². The molecule has 47 heavy (non-hydrogen) atoms. The highest BCUT2D eigenvalue weighted by molar-refractivity contribution is 6.32. The van der Waals surface area contributed by atoms with E-state index in [-0.39, 0.29) is 17.9 Å². The van der Waals surface area contributed by atoms with E-state index in [9.17, 15) is 15.3 Å².